The van der Waals surface area contributed by atoms with Gasteiger partial charge in [0.05, 0.1) is 19.6 Å². The van der Waals surface area contributed by atoms with Crippen molar-refractivity contribution in [3.8, 4) is 17.2 Å². The number of rotatable bonds is 8. The molecule has 1 heterocycles. The maximum Gasteiger partial charge on any atom is 0.305 e. The van der Waals surface area contributed by atoms with Gasteiger partial charge in [-0.05, 0) is 30.7 Å². The Labute approximate surface area is 187 Å². The van der Waals surface area contributed by atoms with E-state index in [1.165, 1.54) is 19.4 Å². The highest BCUT2D eigenvalue weighted by atomic mass is 16.5. The van der Waals surface area contributed by atoms with Crippen LogP contribution in [0.2, 0.25) is 0 Å². The quantitative estimate of drug-likeness (QED) is 0.420. The van der Waals surface area contributed by atoms with E-state index in [9.17, 15) is 14.7 Å². The minimum Gasteiger partial charge on any atom is -0.493 e. The van der Waals surface area contributed by atoms with Crippen LogP contribution in [0.15, 0.2) is 42.5 Å². The van der Waals surface area contributed by atoms with Gasteiger partial charge in [0.1, 0.15) is 23.4 Å². The Morgan fingerprint density at radius 3 is 2.50 bits per heavy atom. The Bertz CT molecular complexity index is 926. The first-order valence-corrected chi connectivity index (χ1v) is 10.5. The zero-order valence-corrected chi connectivity index (χ0v) is 18.6. The lowest BCUT2D eigenvalue weighted by Crippen LogP contribution is -2.45. The predicted molar refractivity (Wildman–Crippen MR) is 119 cm³/mol. The number of aliphatic hydroxyl groups is 2. The van der Waals surface area contributed by atoms with Crippen LogP contribution in [-0.2, 0) is 16.0 Å². The zero-order chi connectivity index (χ0) is 23.7. The highest BCUT2D eigenvalue weighted by Gasteiger charge is 2.32. The standard InChI is InChI=1S/C15H14O2.C9H17NO5/c1-2-16-14-8-5-9-15-12(14)10-11-6-3-4-7-13(11)17-15;1-9(2,5-11)7(14)8(15)10-4-3-6(12)13/h3-9H,2,10H2,1H3;7,11,14H,3-5H2,1-2H3,(H,10,15)(H,12,13). The molecule has 2 aromatic carbocycles. The molecule has 8 heteroatoms. The molecule has 0 bridgehead atoms. The third-order valence-electron chi connectivity index (χ3n) is 4.98. The number of aliphatic carboxylic acids is 1. The van der Waals surface area contributed by atoms with Crippen molar-refractivity contribution in [1.29, 1.82) is 0 Å². The second-order valence-corrected chi connectivity index (χ2v) is 8.04. The first-order chi connectivity index (χ1) is 15.2. The average Bonchev–Trinajstić information content (AvgIpc) is 2.77. The minimum absolute atomic E-state index is 0.0350. The molecule has 1 aliphatic heterocycles. The molecule has 0 fully saturated rings. The summed E-state index contributed by atoms with van der Waals surface area (Å²) in [5, 5.41) is 29.0. The van der Waals surface area contributed by atoms with E-state index in [1.54, 1.807) is 0 Å². The van der Waals surface area contributed by atoms with Gasteiger partial charge in [-0.1, -0.05) is 38.1 Å². The van der Waals surface area contributed by atoms with E-state index < -0.39 is 23.4 Å². The SMILES string of the molecule is CC(C)(CO)C(O)C(=O)NCCC(=O)O.CCOc1cccc2c1Cc1ccccc1O2. The van der Waals surface area contributed by atoms with Crippen LogP contribution in [0.4, 0.5) is 0 Å². The van der Waals surface area contributed by atoms with Crippen molar-refractivity contribution in [2.45, 2.75) is 39.7 Å². The fraction of sp³-hybridized carbons (Fsp3) is 0.417. The fourth-order valence-corrected chi connectivity index (χ4v) is 3.00. The molecular weight excluding hydrogens is 414 g/mol. The van der Waals surface area contributed by atoms with Crippen molar-refractivity contribution in [3.05, 3.63) is 53.6 Å². The second-order valence-electron chi connectivity index (χ2n) is 8.04. The average molecular weight is 446 g/mol. The summed E-state index contributed by atoms with van der Waals surface area (Å²) in [5.41, 5.74) is 1.42. The van der Waals surface area contributed by atoms with Crippen molar-refractivity contribution in [3.63, 3.8) is 0 Å². The molecule has 0 aliphatic carbocycles. The number of carboxylic acids is 1. The largest absolute Gasteiger partial charge is 0.493 e. The van der Waals surface area contributed by atoms with Crippen LogP contribution >= 0.6 is 0 Å². The van der Waals surface area contributed by atoms with Gasteiger partial charge >= 0.3 is 5.97 Å². The van der Waals surface area contributed by atoms with Gasteiger partial charge < -0.3 is 30.1 Å². The Morgan fingerprint density at radius 2 is 1.84 bits per heavy atom. The number of amides is 1. The van der Waals surface area contributed by atoms with E-state index in [2.05, 4.69) is 11.4 Å². The first kappa shape index (κ1) is 25.2. The van der Waals surface area contributed by atoms with Gasteiger partial charge in [-0.15, -0.1) is 0 Å². The molecular formula is C24H31NO7. The molecule has 1 amide bonds. The van der Waals surface area contributed by atoms with Crippen LogP contribution in [0.1, 0.15) is 38.3 Å². The fourth-order valence-electron chi connectivity index (χ4n) is 3.00. The maximum atomic E-state index is 11.3. The van der Waals surface area contributed by atoms with Crippen LogP contribution in [0.5, 0.6) is 17.2 Å². The minimum atomic E-state index is -1.35. The molecule has 0 saturated heterocycles. The number of nitrogens with one attached hydrogen (secondary N) is 1. The monoisotopic (exact) mass is 445 g/mol. The number of hydrogen-bond donors (Lipinski definition) is 4. The van der Waals surface area contributed by atoms with E-state index in [4.69, 9.17) is 19.7 Å². The Morgan fingerprint density at radius 1 is 1.16 bits per heavy atom. The summed E-state index contributed by atoms with van der Waals surface area (Å²) in [6, 6.07) is 14.1. The molecule has 1 unspecified atom stereocenters. The summed E-state index contributed by atoms with van der Waals surface area (Å²) in [6.45, 7) is 5.38. The molecule has 0 aromatic heterocycles. The number of carboxylic acid groups (broad SMARTS) is 1. The molecule has 8 nitrogen and oxygen atoms in total. The van der Waals surface area contributed by atoms with Crippen LogP contribution in [0.25, 0.3) is 0 Å². The molecule has 1 atom stereocenters. The van der Waals surface area contributed by atoms with E-state index in [1.807, 2.05) is 43.3 Å². The molecule has 1 aliphatic rings. The summed E-state index contributed by atoms with van der Waals surface area (Å²) in [4.78, 5) is 21.4. The molecule has 0 saturated carbocycles. The van der Waals surface area contributed by atoms with Crippen LogP contribution in [0.3, 0.4) is 0 Å². The second kappa shape index (κ2) is 11.5. The molecule has 0 spiro atoms. The molecule has 0 radical (unpaired) electrons. The van der Waals surface area contributed by atoms with E-state index in [-0.39, 0.29) is 19.6 Å². The lowest BCUT2D eigenvalue weighted by Gasteiger charge is -2.26. The van der Waals surface area contributed by atoms with Crippen molar-refractivity contribution in [2.75, 3.05) is 19.8 Å². The number of benzene rings is 2. The summed E-state index contributed by atoms with van der Waals surface area (Å²) in [5.74, 6) is 1.10. The third-order valence-corrected chi connectivity index (χ3v) is 4.98. The highest BCUT2D eigenvalue weighted by Crippen LogP contribution is 2.40. The third kappa shape index (κ3) is 6.70. The predicted octanol–water partition coefficient (Wildman–Crippen LogP) is 2.74. The van der Waals surface area contributed by atoms with Gasteiger partial charge in [0, 0.05) is 23.9 Å². The lowest BCUT2D eigenvalue weighted by atomic mass is 9.87. The number of fused-ring (bicyclic) bond motifs is 2. The number of carbonyl (C=O) groups excluding carboxylic acids is 1. The molecule has 4 N–H and O–H groups in total. The van der Waals surface area contributed by atoms with Gasteiger partial charge in [0.15, 0.2) is 0 Å². The summed E-state index contributed by atoms with van der Waals surface area (Å²) < 4.78 is 11.5. The van der Waals surface area contributed by atoms with E-state index in [0.29, 0.717) is 6.61 Å². The smallest absolute Gasteiger partial charge is 0.305 e. The topological polar surface area (TPSA) is 125 Å². The van der Waals surface area contributed by atoms with Crippen molar-refractivity contribution < 1.29 is 34.4 Å². The molecule has 3 rings (SSSR count). The van der Waals surface area contributed by atoms with Gasteiger partial charge in [0.2, 0.25) is 5.91 Å². The number of ether oxygens (including phenoxy) is 2. The van der Waals surface area contributed by atoms with Crippen molar-refractivity contribution >= 4 is 11.9 Å². The van der Waals surface area contributed by atoms with Crippen LogP contribution in [0, 0.1) is 5.41 Å². The summed E-state index contributed by atoms with van der Waals surface area (Å²) in [6.07, 6.45) is -0.670. The van der Waals surface area contributed by atoms with Gasteiger partial charge in [0.25, 0.3) is 0 Å². The number of carbonyl (C=O) groups is 2. The summed E-state index contributed by atoms with van der Waals surface area (Å²) in [7, 11) is 0. The summed E-state index contributed by atoms with van der Waals surface area (Å²) >= 11 is 0. The van der Waals surface area contributed by atoms with E-state index in [0.717, 1.165) is 29.2 Å². The number of hydrogen-bond acceptors (Lipinski definition) is 6. The van der Waals surface area contributed by atoms with Gasteiger partial charge in [-0.2, -0.15) is 0 Å². The van der Waals surface area contributed by atoms with Crippen molar-refractivity contribution in [1.82, 2.24) is 5.32 Å². The van der Waals surface area contributed by atoms with E-state index >= 15 is 0 Å². The van der Waals surface area contributed by atoms with Crippen molar-refractivity contribution in [2.24, 2.45) is 5.41 Å². The molecule has 2 aromatic rings. The Hall–Kier alpha value is -3.10. The Kier molecular flexibility index (Phi) is 9.04. The Balaban J connectivity index is 0.000000230. The number of aliphatic hydroxyl groups excluding tert-OH is 2. The number of para-hydroxylation sites is 1. The maximum absolute atomic E-state index is 11.3. The van der Waals surface area contributed by atoms with Gasteiger partial charge in [-0.3, -0.25) is 9.59 Å². The lowest BCUT2D eigenvalue weighted by molar-refractivity contribution is -0.138. The molecule has 174 valence electrons. The zero-order valence-electron chi connectivity index (χ0n) is 18.6. The highest BCUT2D eigenvalue weighted by molar-refractivity contribution is 5.81. The first-order valence-electron chi connectivity index (χ1n) is 10.5. The molecule has 32 heavy (non-hydrogen) atoms. The van der Waals surface area contributed by atoms with Gasteiger partial charge in [-0.25, -0.2) is 0 Å². The normalized spacial score (nSPS) is 12.8. The van der Waals surface area contributed by atoms with Crippen LogP contribution in [-0.4, -0.2) is 53.1 Å². The van der Waals surface area contributed by atoms with Crippen LogP contribution < -0.4 is 14.8 Å².